The Hall–Kier alpha value is -6.04. The Labute approximate surface area is 276 Å². The van der Waals surface area contributed by atoms with E-state index in [1.807, 2.05) is 78.9 Å². The van der Waals surface area contributed by atoms with Crippen LogP contribution in [0.4, 0.5) is 0 Å². The Morgan fingerprint density at radius 3 is 1.28 bits per heavy atom. The minimum absolute atomic E-state index is 0.561. The summed E-state index contributed by atoms with van der Waals surface area (Å²) in [5.41, 5.74) is 13.5. The highest BCUT2D eigenvalue weighted by atomic mass is 35.5. The summed E-state index contributed by atoms with van der Waals surface area (Å²) in [5, 5.41) is -0.561. The van der Waals surface area contributed by atoms with Crippen LogP contribution in [0.1, 0.15) is 28.3 Å². The first-order valence-electron chi connectivity index (χ1n) is 15.3. The zero-order valence-electron chi connectivity index (χ0n) is 25.1. The summed E-state index contributed by atoms with van der Waals surface area (Å²) in [6.45, 7) is 0. The van der Waals surface area contributed by atoms with Crippen molar-refractivity contribution >= 4 is 69.3 Å². The number of aromatic nitrogens is 4. The van der Waals surface area contributed by atoms with Gasteiger partial charge < -0.3 is 9.97 Å². The predicted octanol–water partition coefficient (Wildman–Crippen LogP) is 10.4. The Morgan fingerprint density at radius 2 is 0.851 bits per heavy atom. The number of H-pyrrole nitrogens is 2. The van der Waals surface area contributed by atoms with Crippen molar-refractivity contribution < 1.29 is 4.79 Å². The van der Waals surface area contributed by atoms with Crippen molar-refractivity contribution in [3.63, 3.8) is 0 Å². The predicted molar refractivity (Wildman–Crippen MR) is 195 cm³/mol. The highest BCUT2D eigenvalue weighted by Gasteiger charge is 2.17. The average Bonchev–Trinajstić information content (AvgIpc) is 3.93. The van der Waals surface area contributed by atoms with Crippen LogP contribution in [0.5, 0.6) is 0 Å². The van der Waals surface area contributed by atoms with E-state index in [2.05, 4.69) is 70.7 Å². The van der Waals surface area contributed by atoms with Gasteiger partial charge in [-0.3, -0.25) is 4.79 Å². The first kappa shape index (κ1) is 28.4. The van der Waals surface area contributed by atoms with Crippen molar-refractivity contribution in [2.24, 2.45) is 0 Å². The normalized spacial score (nSPS) is 12.2. The van der Waals surface area contributed by atoms with Crippen LogP contribution in [0.15, 0.2) is 121 Å². The van der Waals surface area contributed by atoms with Crippen LogP contribution in [-0.2, 0) is 4.79 Å². The van der Waals surface area contributed by atoms with E-state index in [0.717, 1.165) is 78.1 Å². The fourth-order valence-corrected chi connectivity index (χ4v) is 6.34. The summed E-state index contributed by atoms with van der Waals surface area (Å²) in [6, 6.07) is 39.1. The average molecular weight is 627 g/mol. The lowest BCUT2D eigenvalue weighted by Crippen LogP contribution is -1.89. The Morgan fingerprint density at radius 1 is 0.489 bits per heavy atom. The Kier molecular flexibility index (Phi) is 7.29. The molecule has 3 aromatic carbocycles. The highest BCUT2D eigenvalue weighted by molar-refractivity contribution is 6.66. The molecule has 6 heteroatoms. The second-order valence-corrected chi connectivity index (χ2v) is 11.6. The lowest BCUT2D eigenvalue weighted by Gasteiger charge is -2.06. The van der Waals surface area contributed by atoms with Crippen LogP contribution in [0.3, 0.4) is 0 Å². The van der Waals surface area contributed by atoms with E-state index < -0.39 is 5.24 Å². The van der Waals surface area contributed by atoms with Gasteiger partial charge in [-0.05, 0) is 89.0 Å². The zero-order chi connectivity index (χ0) is 31.7. The van der Waals surface area contributed by atoms with Crippen LogP contribution in [0.2, 0.25) is 0 Å². The van der Waals surface area contributed by atoms with Crippen LogP contribution in [0, 0.1) is 0 Å². The van der Waals surface area contributed by atoms with E-state index in [0.29, 0.717) is 5.69 Å². The Bertz CT molecular complexity index is 2380. The number of hydrogen-bond acceptors (Lipinski definition) is 3. The molecular weight excluding hydrogens is 600 g/mol. The first-order chi connectivity index (χ1) is 23.1. The molecule has 8 rings (SSSR count). The number of halogens is 1. The van der Waals surface area contributed by atoms with Crippen LogP contribution >= 0.6 is 11.6 Å². The monoisotopic (exact) mass is 626 g/mol. The lowest BCUT2D eigenvalue weighted by molar-refractivity contribution is -0.107. The van der Waals surface area contributed by atoms with Crippen molar-refractivity contribution in [1.29, 1.82) is 0 Å². The molecule has 2 N–H and O–H groups in total. The number of carbonyl (C=O) groups is 1. The molecule has 0 saturated heterocycles. The third kappa shape index (κ3) is 5.43. The number of aromatic amines is 2. The molecule has 5 nitrogen and oxygen atoms in total. The topological polar surface area (TPSA) is 74.4 Å². The molecule has 0 spiro atoms. The maximum Gasteiger partial charge on any atom is 0.245 e. The van der Waals surface area contributed by atoms with Gasteiger partial charge in [0, 0.05) is 44.3 Å². The molecule has 0 radical (unpaired) electrons. The number of hydrogen-bond donors (Lipinski definition) is 2. The number of carbonyl (C=O) groups excluding carboxylic acids is 1. The number of allylic oxidation sites excluding steroid dienone is 1. The maximum absolute atomic E-state index is 11.9. The highest BCUT2D eigenvalue weighted by Crippen LogP contribution is 2.36. The summed E-state index contributed by atoms with van der Waals surface area (Å²) in [5.74, 6) is 0. The maximum atomic E-state index is 11.9. The third-order valence-corrected chi connectivity index (χ3v) is 8.49. The van der Waals surface area contributed by atoms with Gasteiger partial charge in [0.2, 0.25) is 5.24 Å². The third-order valence-electron chi connectivity index (χ3n) is 8.36. The van der Waals surface area contributed by atoms with Gasteiger partial charge in [0.1, 0.15) is 0 Å². The number of rotatable bonds is 5. The smallest absolute Gasteiger partial charge is 0.245 e. The SMILES string of the molecule is O=C(Cl)/C=C/c1c2nc(c(-c3ccccc3)c3ccc([nH]3)c(-c3ccccc3)c3nc(c(-c4ccccc4)c4ccc1[nH]4)C=C3)C=C2. The minimum atomic E-state index is -0.561. The molecule has 2 aliphatic heterocycles. The molecule has 47 heavy (non-hydrogen) atoms. The van der Waals surface area contributed by atoms with Crippen LogP contribution in [0.25, 0.3) is 85.8 Å². The van der Waals surface area contributed by atoms with Gasteiger partial charge in [0.25, 0.3) is 0 Å². The van der Waals surface area contributed by atoms with Gasteiger partial charge in [-0.25, -0.2) is 9.97 Å². The molecule has 3 aromatic heterocycles. The molecule has 2 aliphatic rings. The molecular formula is C41H27ClN4O. The molecule has 8 bridgehead atoms. The molecule has 0 atom stereocenters. The number of benzene rings is 3. The molecule has 0 amide bonds. The lowest BCUT2D eigenvalue weighted by atomic mass is 10.0. The summed E-state index contributed by atoms with van der Waals surface area (Å²) in [6.07, 6.45) is 11.2. The van der Waals surface area contributed by atoms with Gasteiger partial charge in [-0.2, -0.15) is 0 Å². The molecule has 0 saturated carbocycles. The Balaban J connectivity index is 1.57. The van der Waals surface area contributed by atoms with Gasteiger partial charge in [-0.15, -0.1) is 0 Å². The minimum Gasteiger partial charge on any atom is -0.354 e. The van der Waals surface area contributed by atoms with E-state index in [1.54, 1.807) is 6.08 Å². The van der Waals surface area contributed by atoms with E-state index in [9.17, 15) is 4.79 Å². The fourth-order valence-electron chi connectivity index (χ4n) is 6.28. The molecule has 0 fully saturated rings. The van der Waals surface area contributed by atoms with Gasteiger partial charge in [0.05, 0.1) is 22.8 Å². The molecule has 6 aromatic rings. The van der Waals surface area contributed by atoms with E-state index in [4.69, 9.17) is 21.6 Å². The second kappa shape index (κ2) is 12.0. The van der Waals surface area contributed by atoms with Crippen LogP contribution in [-0.4, -0.2) is 25.2 Å². The standard InChI is InChI=1S/C41H27ClN4O/c42-38(47)25-16-29-30-17-19-32(43-30)39(26-10-4-1-5-11-26)34-21-23-36(45-34)41(28-14-8-3-9-15-28)37-24-22-35(46-37)40(27-12-6-2-7-13-27)33-20-18-31(29)44-33/h1-25,43,46H/b25-16+,30-29?,31-29?,39-32?,39-34?,40-33?,40-35?,41-36?,41-37?. The van der Waals surface area contributed by atoms with E-state index >= 15 is 0 Å². The molecule has 0 aliphatic carbocycles. The number of nitrogens with zero attached hydrogens (tertiary/aromatic N) is 2. The first-order valence-corrected chi connectivity index (χ1v) is 15.7. The second-order valence-electron chi connectivity index (χ2n) is 11.3. The number of nitrogens with one attached hydrogen (secondary N) is 2. The zero-order valence-corrected chi connectivity index (χ0v) is 25.9. The quantitative estimate of drug-likeness (QED) is 0.147. The fraction of sp³-hybridized carbons (Fsp3) is 0. The van der Waals surface area contributed by atoms with E-state index in [-0.39, 0.29) is 0 Å². The summed E-state index contributed by atoms with van der Waals surface area (Å²) < 4.78 is 0. The number of fused-ring (bicyclic) bond motifs is 8. The van der Waals surface area contributed by atoms with Crippen molar-refractivity contribution in [2.75, 3.05) is 0 Å². The summed E-state index contributed by atoms with van der Waals surface area (Å²) in [7, 11) is 0. The largest absolute Gasteiger partial charge is 0.354 e. The van der Waals surface area contributed by atoms with E-state index in [1.165, 1.54) is 6.08 Å². The van der Waals surface area contributed by atoms with Crippen molar-refractivity contribution in [2.45, 2.75) is 0 Å². The van der Waals surface area contributed by atoms with Gasteiger partial charge in [0.15, 0.2) is 0 Å². The van der Waals surface area contributed by atoms with Crippen LogP contribution < -0.4 is 0 Å². The van der Waals surface area contributed by atoms with Gasteiger partial charge >= 0.3 is 0 Å². The molecule has 5 heterocycles. The van der Waals surface area contributed by atoms with Crippen molar-refractivity contribution in [1.82, 2.24) is 19.9 Å². The van der Waals surface area contributed by atoms with Crippen molar-refractivity contribution in [3.05, 3.63) is 150 Å². The molecule has 224 valence electrons. The summed E-state index contributed by atoms with van der Waals surface area (Å²) in [4.78, 5) is 29.7. The van der Waals surface area contributed by atoms with Gasteiger partial charge in [-0.1, -0.05) is 91.0 Å². The summed E-state index contributed by atoms with van der Waals surface area (Å²) >= 11 is 5.79. The van der Waals surface area contributed by atoms with Crippen molar-refractivity contribution in [3.8, 4) is 33.4 Å². The molecule has 0 unspecified atom stereocenters.